The number of aliphatic hydroxyl groups excluding tert-OH is 1. The van der Waals surface area contributed by atoms with Gasteiger partial charge < -0.3 is 24.4 Å². The number of aliphatic carboxylic acids is 1. The number of aromatic nitrogens is 1. The quantitative estimate of drug-likeness (QED) is 0.600. The molecule has 0 fully saturated rings. The van der Waals surface area contributed by atoms with E-state index in [1.807, 2.05) is 72.0 Å². The Balaban J connectivity index is 2.17. The van der Waals surface area contributed by atoms with E-state index in [9.17, 15) is 15.0 Å². The van der Waals surface area contributed by atoms with E-state index in [0.717, 1.165) is 57.6 Å². The fourth-order valence-corrected chi connectivity index (χ4v) is 4.85. The molecule has 1 aromatic heterocycles. The number of rotatable bonds is 5. The summed E-state index contributed by atoms with van der Waals surface area (Å²) in [5, 5.41) is 21.3. The summed E-state index contributed by atoms with van der Waals surface area (Å²) in [5.74, 6) is -1.01. The lowest BCUT2D eigenvalue weighted by Crippen LogP contribution is -2.31. The van der Waals surface area contributed by atoms with E-state index in [1.165, 1.54) is 0 Å². The van der Waals surface area contributed by atoms with Gasteiger partial charge in [0.05, 0.1) is 23.4 Å². The van der Waals surface area contributed by atoms with Crippen molar-refractivity contribution >= 4 is 22.6 Å². The highest BCUT2D eigenvalue weighted by molar-refractivity contribution is 6.07. The minimum Gasteiger partial charge on any atom is -0.479 e. The number of aryl methyl sites for hydroxylation is 1. The van der Waals surface area contributed by atoms with Gasteiger partial charge in [-0.1, -0.05) is 29.8 Å². The van der Waals surface area contributed by atoms with E-state index in [-0.39, 0.29) is 6.61 Å². The van der Waals surface area contributed by atoms with Crippen LogP contribution in [0.5, 0.6) is 0 Å². The summed E-state index contributed by atoms with van der Waals surface area (Å²) in [4.78, 5) is 14.7. The first-order chi connectivity index (χ1) is 15.0. The number of anilines is 1. The predicted octanol–water partition coefficient (Wildman–Crippen LogP) is 4.81. The first-order valence-corrected chi connectivity index (χ1v) is 11.0. The Morgan fingerprint density at radius 2 is 1.81 bits per heavy atom. The second-order valence-electron chi connectivity index (χ2n) is 9.71. The second kappa shape index (κ2) is 7.94. The third kappa shape index (κ3) is 3.67. The number of benzene rings is 2. The Labute approximate surface area is 189 Å². The summed E-state index contributed by atoms with van der Waals surface area (Å²) in [7, 11) is 2.03. The molecule has 1 atom stereocenters. The SMILES string of the molecule is Cc1ccc(-c2c([C@H](OC(C)(C)C)C(=O)O)c(C)c3c4c2cc(CO)n4CCN3C)cc1. The lowest BCUT2D eigenvalue weighted by Gasteiger charge is -2.34. The van der Waals surface area contributed by atoms with Gasteiger partial charge in [-0.2, -0.15) is 0 Å². The largest absolute Gasteiger partial charge is 0.479 e. The summed E-state index contributed by atoms with van der Waals surface area (Å²) in [5.41, 5.74) is 6.75. The lowest BCUT2D eigenvalue weighted by atomic mass is 9.87. The fourth-order valence-electron chi connectivity index (χ4n) is 4.85. The molecule has 6 nitrogen and oxygen atoms in total. The van der Waals surface area contributed by atoms with Gasteiger partial charge in [-0.25, -0.2) is 4.79 Å². The van der Waals surface area contributed by atoms with Gasteiger partial charge in [-0.15, -0.1) is 0 Å². The summed E-state index contributed by atoms with van der Waals surface area (Å²) in [6, 6.07) is 10.2. The first-order valence-electron chi connectivity index (χ1n) is 11.0. The molecule has 2 heterocycles. The molecule has 0 bridgehead atoms. The van der Waals surface area contributed by atoms with Gasteiger partial charge in [0.15, 0.2) is 6.10 Å². The Kier molecular flexibility index (Phi) is 5.55. The minimum absolute atomic E-state index is 0.0690. The molecule has 0 unspecified atom stereocenters. The van der Waals surface area contributed by atoms with Crippen LogP contribution < -0.4 is 4.90 Å². The molecule has 1 aliphatic rings. The number of carbonyl (C=O) groups is 1. The monoisotopic (exact) mass is 436 g/mol. The molecule has 0 saturated heterocycles. The fraction of sp³-hybridized carbons (Fsp3) is 0.423. The van der Waals surface area contributed by atoms with Crippen LogP contribution in [0.4, 0.5) is 5.69 Å². The van der Waals surface area contributed by atoms with Crippen molar-refractivity contribution in [3.63, 3.8) is 0 Å². The molecule has 0 aliphatic carbocycles. The normalized spacial score (nSPS) is 14.8. The molecule has 0 amide bonds. The summed E-state index contributed by atoms with van der Waals surface area (Å²) >= 11 is 0. The van der Waals surface area contributed by atoms with Crippen molar-refractivity contribution in [2.45, 2.75) is 59.5 Å². The van der Waals surface area contributed by atoms with Gasteiger partial charge in [-0.3, -0.25) is 0 Å². The third-order valence-electron chi connectivity index (χ3n) is 6.21. The number of nitrogens with zero attached hydrogens (tertiary/aromatic N) is 2. The Morgan fingerprint density at radius 1 is 1.16 bits per heavy atom. The number of carboxylic acids is 1. The molecule has 2 N–H and O–H groups in total. The summed E-state index contributed by atoms with van der Waals surface area (Å²) < 4.78 is 8.31. The Morgan fingerprint density at radius 3 is 2.38 bits per heavy atom. The molecule has 0 saturated carbocycles. The molecule has 1 aliphatic heterocycles. The number of carboxylic acid groups (broad SMARTS) is 1. The number of hydrogen-bond donors (Lipinski definition) is 2. The zero-order valence-electron chi connectivity index (χ0n) is 19.7. The van der Waals surface area contributed by atoms with Crippen molar-refractivity contribution in [2.24, 2.45) is 0 Å². The number of hydrogen-bond acceptors (Lipinski definition) is 4. The van der Waals surface area contributed by atoms with Crippen molar-refractivity contribution < 1.29 is 19.7 Å². The van der Waals surface area contributed by atoms with Crippen LogP contribution in [0.25, 0.3) is 22.0 Å². The van der Waals surface area contributed by atoms with Crippen LogP contribution in [0.1, 0.15) is 49.3 Å². The van der Waals surface area contributed by atoms with Crippen LogP contribution in [0.15, 0.2) is 30.3 Å². The van der Waals surface area contributed by atoms with Crippen molar-refractivity contribution in [3.8, 4) is 11.1 Å². The van der Waals surface area contributed by atoms with Gasteiger partial charge in [0.25, 0.3) is 0 Å². The minimum atomic E-state index is -1.12. The third-order valence-corrected chi connectivity index (χ3v) is 6.21. The van der Waals surface area contributed by atoms with E-state index in [4.69, 9.17) is 4.74 Å². The maximum Gasteiger partial charge on any atom is 0.337 e. The van der Waals surface area contributed by atoms with Crippen LogP contribution in [0.3, 0.4) is 0 Å². The topological polar surface area (TPSA) is 74.9 Å². The van der Waals surface area contributed by atoms with E-state index >= 15 is 0 Å². The van der Waals surface area contributed by atoms with Gasteiger partial charge >= 0.3 is 5.97 Å². The predicted molar refractivity (Wildman–Crippen MR) is 127 cm³/mol. The molecule has 3 aromatic rings. The lowest BCUT2D eigenvalue weighted by molar-refractivity contribution is -0.160. The summed E-state index contributed by atoms with van der Waals surface area (Å²) in [6.45, 7) is 11.1. The second-order valence-corrected chi connectivity index (χ2v) is 9.71. The van der Waals surface area contributed by atoms with Gasteiger partial charge in [0.1, 0.15) is 0 Å². The zero-order valence-corrected chi connectivity index (χ0v) is 19.7. The van der Waals surface area contributed by atoms with E-state index in [2.05, 4.69) is 9.47 Å². The van der Waals surface area contributed by atoms with Crippen LogP contribution in [-0.4, -0.2) is 39.9 Å². The molecule has 170 valence electrons. The zero-order chi connectivity index (χ0) is 23.4. The number of ether oxygens (including phenoxy) is 1. The van der Waals surface area contributed by atoms with Gasteiger partial charge in [0.2, 0.25) is 0 Å². The molecule has 2 aromatic carbocycles. The van der Waals surface area contributed by atoms with Crippen molar-refractivity contribution in [3.05, 3.63) is 52.7 Å². The van der Waals surface area contributed by atoms with Crippen LogP contribution in [0.2, 0.25) is 0 Å². The Bertz CT molecular complexity index is 1190. The number of likely N-dealkylation sites (N-methyl/N-ethyl adjacent to an activating group) is 1. The van der Waals surface area contributed by atoms with Crippen molar-refractivity contribution in [1.29, 1.82) is 0 Å². The van der Waals surface area contributed by atoms with E-state index < -0.39 is 17.7 Å². The molecule has 0 spiro atoms. The highest BCUT2D eigenvalue weighted by atomic mass is 16.5. The number of aliphatic hydroxyl groups is 1. The average molecular weight is 437 g/mol. The highest BCUT2D eigenvalue weighted by Crippen LogP contribution is 2.47. The average Bonchev–Trinajstić information content (AvgIpc) is 3.08. The van der Waals surface area contributed by atoms with E-state index in [0.29, 0.717) is 5.56 Å². The Hall–Kier alpha value is -2.83. The maximum atomic E-state index is 12.5. The van der Waals surface area contributed by atoms with Gasteiger partial charge in [0, 0.05) is 36.8 Å². The molecular weight excluding hydrogens is 404 g/mol. The maximum absolute atomic E-state index is 12.5. The van der Waals surface area contributed by atoms with Crippen LogP contribution in [0, 0.1) is 13.8 Å². The smallest absolute Gasteiger partial charge is 0.337 e. The first kappa shape index (κ1) is 22.4. The molecule has 4 rings (SSSR count). The summed E-state index contributed by atoms with van der Waals surface area (Å²) in [6.07, 6.45) is -1.12. The van der Waals surface area contributed by atoms with Crippen LogP contribution in [-0.2, 0) is 22.7 Å². The van der Waals surface area contributed by atoms with Crippen molar-refractivity contribution in [2.75, 3.05) is 18.5 Å². The van der Waals surface area contributed by atoms with Crippen LogP contribution >= 0.6 is 0 Å². The highest BCUT2D eigenvalue weighted by Gasteiger charge is 2.35. The molecule has 0 radical (unpaired) electrons. The van der Waals surface area contributed by atoms with Gasteiger partial charge in [-0.05, 0) is 57.4 Å². The van der Waals surface area contributed by atoms with E-state index in [1.54, 1.807) is 0 Å². The molecule has 32 heavy (non-hydrogen) atoms. The molecular formula is C26H32N2O4. The van der Waals surface area contributed by atoms with Crippen molar-refractivity contribution in [1.82, 2.24) is 4.57 Å². The standard InChI is InChI=1S/C26H32N2O4/c1-15-7-9-17(10-8-15)21-19-13-18(14-29)28-12-11-27(6)22(23(19)28)16(2)20(21)24(25(30)31)32-26(3,4)5/h7-10,13,24,29H,11-12,14H2,1-6H3,(H,30,31)/t24-/m0/s1. The molecule has 6 heteroatoms.